The average Bonchev–Trinajstić information content (AvgIpc) is 2.26. The van der Waals surface area contributed by atoms with Crippen molar-refractivity contribution in [2.24, 2.45) is 11.3 Å². The summed E-state index contributed by atoms with van der Waals surface area (Å²) in [6.45, 7) is 10.4. The van der Waals surface area contributed by atoms with Crippen LogP contribution in [-0.4, -0.2) is 36.6 Å². The van der Waals surface area contributed by atoms with Crippen molar-refractivity contribution >= 4 is 0 Å². The fourth-order valence-electron chi connectivity index (χ4n) is 4.36. The second-order valence-electron chi connectivity index (χ2n) is 7.99. The first-order valence-corrected chi connectivity index (χ1v) is 8.36. The van der Waals surface area contributed by atoms with E-state index in [-0.39, 0.29) is 0 Å². The van der Waals surface area contributed by atoms with Gasteiger partial charge >= 0.3 is 0 Å². The summed E-state index contributed by atoms with van der Waals surface area (Å²) >= 11 is 0. The lowest BCUT2D eigenvalue weighted by molar-refractivity contribution is 0.00649. The van der Waals surface area contributed by atoms with Crippen molar-refractivity contribution < 1.29 is 0 Å². The number of rotatable bonds is 5. The molecule has 0 amide bonds. The molecule has 0 radical (unpaired) electrons. The Morgan fingerprint density at radius 2 is 1.68 bits per heavy atom. The summed E-state index contributed by atoms with van der Waals surface area (Å²) in [5.41, 5.74) is 0.724. The molecule has 2 rings (SSSR count). The zero-order valence-electron chi connectivity index (χ0n) is 13.7. The SMILES string of the molecule is CC(C)CN(C)C1CCC2(CC1)CC(NC(C)C)C2. The van der Waals surface area contributed by atoms with Crippen molar-refractivity contribution in [3.63, 3.8) is 0 Å². The fraction of sp³-hybridized carbons (Fsp3) is 1.00. The topological polar surface area (TPSA) is 15.3 Å². The normalized spacial score (nSPS) is 35.4. The van der Waals surface area contributed by atoms with E-state index < -0.39 is 0 Å². The lowest BCUT2D eigenvalue weighted by Gasteiger charge is -2.53. The summed E-state index contributed by atoms with van der Waals surface area (Å²) < 4.78 is 0. The van der Waals surface area contributed by atoms with Crippen LogP contribution in [0.4, 0.5) is 0 Å². The second-order valence-corrected chi connectivity index (χ2v) is 7.99. The summed E-state index contributed by atoms with van der Waals surface area (Å²) in [4.78, 5) is 2.61. The molecule has 19 heavy (non-hydrogen) atoms. The first kappa shape index (κ1) is 15.3. The first-order chi connectivity index (χ1) is 8.90. The molecule has 1 N–H and O–H groups in total. The highest BCUT2D eigenvalue weighted by atomic mass is 15.1. The van der Waals surface area contributed by atoms with E-state index in [4.69, 9.17) is 0 Å². The number of hydrogen-bond donors (Lipinski definition) is 1. The summed E-state index contributed by atoms with van der Waals surface area (Å²) in [7, 11) is 2.33. The van der Waals surface area contributed by atoms with E-state index in [2.05, 4.69) is 45.0 Å². The molecule has 2 aliphatic carbocycles. The van der Waals surface area contributed by atoms with Crippen molar-refractivity contribution in [2.75, 3.05) is 13.6 Å². The van der Waals surface area contributed by atoms with Gasteiger partial charge in [0.2, 0.25) is 0 Å². The Kier molecular flexibility index (Phi) is 4.94. The minimum Gasteiger partial charge on any atom is -0.312 e. The van der Waals surface area contributed by atoms with Crippen molar-refractivity contribution in [1.82, 2.24) is 10.2 Å². The maximum absolute atomic E-state index is 3.70. The molecule has 0 aromatic heterocycles. The minimum absolute atomic E-state index is 0.649. The molecule has 0 bridgehead atoms. The zero-order chi connectivity index (χ0) is 14.0. The van der Waals surface area contributed by atoms with E-state index in [0.717, 1.165) is 23.4 Å². The Bertz CT molecular complexity index is 269. The zero-order valence-corrected chi connectivity index (χ0v) is 13.7. The molecular formula is C17H34N2. The molecule has 0 heterocycles. The van der Waals surface area contributed by atoms with Crippen molar-refractivity contribution in [1.29, 1.82) is 0 Å². The third-order valence-corrected chi connectivity index (χ3v) is 5.22. The number of hydrogen-bond acceptors (Lipinski definition) is 2. The largest absolute Gasteiger partial charge is 0.312 e. The molecule has 2 saturated carbocycles. The van der Waals surface area contributed by atoms with E-state index in [1.54, 1.807) is 0 Å². The molecule has 0 aromatic rings. The Balaban J connectivity index is 1.72. The van der Waals surface area contributed by atoms with Crippen molar-refractivity contribution in [3.05, 3.63) is 0 Å². The van der Waals surface area contributed by atoms with Crippen LogP contribution >= 0.6 is 0 Å². The molecule has 0 aliphatic heterocycles. The molecule has 112 valence electrons. The van der Waals surface area contributed by atoms with Crippen LogP contribution in [-0.2, 0) is 0 Å². The van der Waals surface area contributed by atoms with Crippen LogP contribution in [0.15, 0.2) is 0 Å². The minimum atomic E-state index is 0.649. The summed E-state index contributed by atoms with van der Waals surface area (Å²) in [5, 5.41) is 3.70. The highest BCUT2D eigenvalue weighted by Crippen LogP contribution is 2.52. The quantitative estimate of drug-likeness (QED) is 0.817. The Morgan fingerprint density at radius 1 is 1.11 bits per heavy atom. The van der Waals surface area contributed by atoms with Gasteiger partial charge < -0.3 is 10.2 Å². The van der Waals surface area contributed by atoms with Crippen LogP contribution < -0.4 is 5.32 Å². The summed E-state index contributed by atoms with van der Waals surface area (Å²) in [5.74, 6) is 0.796. The highest BCUT2D eigenvalue weighted by Gasteiger charge is 2.46. The van der Waals surface area contributed by atoms with E-state index in [1.165, 1.54) is 45.1 Å². The summed E-state index contributed by atoms with van der Waals surface area (Å²) in [6, 6.07) is 2.31. The van der Waals surface area contributed by atoms with Crippen LogP contribution in [0.2, 0.25) is 0 Å². The predicted octanol–water partition coefficient (Wildman–Crippen LogP) is 3.66. The molecule has 0 aromatic carbocycles. The van der Waals surface area contributed by atoms with Gasteiger partial charge in [-0.3, -0.25) is 0 Å². The van der Waals surface area contributed by atoms with E-state index >= 15 is 0 Å². The van der Waals surface area contributed by atoms with E-state index in [0.29, 0.717) is 6.04 Å². The predicted molar refractivity (Wildman–Crippen MR) is 83.5 cm³/mol. The van der Waals surface area contributed by atoms with Gasteiger partial charge in [-0.2, -0.15) is 0 Å². The third-order valence-electron chi connectivity index (χ3n) is 5.22. The molecule has 2 fully saturated rings. The van der Waals surface area contributed by atoms with Crippen molar-refractivity contribution in [3.8, 4) is 0 Å². The van der Waals surface area contributed by atoms with Gasteiger partial charge in [-0.25, -0.2) is 0 Å². The molecule has 0 atom stereocenters. The first-order valence-electron chi connectivity index (χ1n) is 8.36. The molecule has 0 saturated heterocycles. The highest BCUT2D eigenvalue weighted by molar-refractivity contribution is 5.01. The molecular weight excluding hydrogens is 232 g/mol. The third kappa shape index (κ3) is 3.95. The van der Waals surface area contributed by atoms with Gasteiger partial charge in [-0.1, -0.05) is 27.7 Å². The summed E-state index contributed by atoms with van der Waals surface area (Å²) in [6.07, 6.45) is 8.67. The number of nitrogens with one attached hydrogen (secondary N) is 1. The maximum atomic E-state index is 3.70. The average molecular weight is 266 g/mol. The lowest BCUT2D eigenvalue weighted by Crippen LogP contribution is -2.53. The smallest absolute Gasteiger partial charge is 0.00927 e. The standard InChI is InChI=1S/C17H34N2/c1-13(2)12-19(5)16-6-8-17(9-7-16)10-15(11-17)18-14(3)4/h13-16,18H,6-12H2,1-5H3. The van der Waals surface area contributed by atoms with Crippen LogP contribution in [0.25, 0.3) is 0 Å². The van der Waals surface area contributed by atoms with E-state index in [9.17, 15) is 0 Å². The Morgan fingerprint density at radius 3 is 2.16 bits per heavy atom. The molecule has 0 unspecified atom stereocenters. The Labute approximate surface area is 120 Å². The van der Waals surface area contributed by atoms with Gasteiger partial charge in [0.1, 0.15) is 0 Å². The molecule has 2 heteroatoms. The van der Waals surface area contributed by atoms with Crippen LogP contribution in [0.5, 0.6) is 0 Å². The lowest BCUT2D eigenvalue weighted by atomic mass is 9.57. The Hall–Kier alpha value is -0.0800. The van der Waals surface area contributed by atoms with Crippen LogP contribution in [0.1, 0.15) is 66.2 Å². The maximum Gasteiger partial charge on any atom is 0.00927 e. The van der Waals surface area contributed by atoms with Gasteiger partial charge in [0.05, 0.1) is 0 Å². The van der Waals surface area contributed by atoms with Crippen LogP contribution in [0, 0.1) is 11.3 Å². The van der Waals surface area contributed by atoms with Gasteiger partial charge in [0, 0.05) is 24.7 Å². The fourth-order valence-corrected chi connectivity index (χ4v) is 4.36. The van der Waals surface area contributed by atoms with Gasteiger partial charge in [-0.15, -0.1) is 0 Å². The van der Waals surface area contributed by atoms with E-state index in [1.807, 2.05) is 0 Å². The van der Waals surface area contributed by atoms with Gasteiger partial charge in [0.15, 0.2) is 0 Å². The monoisotopic (exact) mass is 266 g/mol. The van der Waals surface area contributed by atoms with Crippen LogP contribution in [0.3, 0.4) is 0 Å². The van der Waals surface area contributed by atoms with Crippen molar-refractivity contribution in [2.45, 2.75) is 84.3 Å². The van der Waals surface area contributed by atoms with Gasteiger partial charge in [-0.05, 0) is 56.9 Å². The molecule has 2 aliphatic rings. The number of nitrogens with zero attached hydrogens (tertiary/aromatic N) is 1. The molecule has 1 spiro atoms. The second kappa shape index (κ2) is 6.13. The van der Waals surface area contributed by atoms with Gasteiger partial charge in [0.25, 0.3) is 0 Å². The molecule has 2 nitrogen and oxygen atoms in total.